The smallest absolute Gasteiger partial charge is 0.317 e. The van der Waals surface area contributed by atoms with Crippen LogP contribution in [0.3, 0.4) is 0 Å². The first-order chi connectivity index (χ1) is 26.6. The van der Waals surface area contributed by atoms with Gasteiger partial charge in [-0.2, -0.15) is 0 Å². The number of amides is 3. The summed E-state index contributed by atoms with van der Waals surface area (Å²) in [4.78, 5) is 99.0. The van der Waals surface area contributed by atoms with Crippen molar-refractivity contribution >= 4 is 53.1 Å². The van der Waals surface area contributed by atoms with Crippen LogP contribution in [0, 0.1) is 0 Å². The molecule has 1 aliphatic heterocycles. The topological polar surface area (TPSA) is 235 Å². The van der Waals surface area contributed by atoms with Crippen LogP contribution < -0.4 is 16.0 Å². The van der Waals surface area contributed by atoms with E-state index in [4.69, 9.17) is 0 Å². The first-order valence-electron chi connectivity index (χ1n) is 17.9. The molecule has 294 valence electrons. The van der Waals surface area contributed by atoms with Gasteiger partial charge in [-0.3, -0.25) is 53.5 Å². The highest BCUT2D eigenvalue weighted by Crippen LogP contribution is 2.25. The maximum Gasteiger partial charge on any atom is 0.317 e. The van der Waals surface area contributed by atoms with E-state index >= 15 is 0 Å². The molecule has 3 aromatic rings. The van der Waals surface area contributed by atoms with Crippen molar-refractivity contribution in [2.45, 2.75) is 6.42 Å². The number of aldehydes is 2. The van der Waals surface area contributed by atoms with Crippen LogP contribution in [-0.4, -0.2) is 180 Å². The van der Waals surface area contributed by atoms with Gasteiger partial charge in [0.25, 0.3) is 11.8 Å². The molecule has 4 rings (SSSR count). The van der Waals surface area contributed by atoms with Gasteiger partial charge in [-0.1, -0.05) is 12.1 Å². The average Bonchev–Trinajstić information content (AvgIpc) is 3.16. The molecule has 1 aliphatic rings. The predicted octanol–water partition coefficient (Wildman–Crippen LogP) is -0.949. The number of rotatable bonds is 17. The first-order valence-corrected chi connectivity index (χ1v) is 17.9. The molecular weight excluding hydrogens is 714 g/mol. The van der Waals surface area contributed by atoms with E-state index in [-0.39, 0.29) is 56.8 Å². The van der Waals surface area contributed by atoms with Crippen molar-refractivity contribution in [1.29, 1.82) is 0 Å². The molecular formula is C37H47N9O9. The SMILES string of the molecule is O=CCNC(=O)c1ccnc2ccc(-c3ccc(C(=O)NCCCNC(=O)CN4CCN(CC=O)CCN(CC(=O)O)CCN(CC(=O)O)CC4)nc3)cc12. The lowest BCUT2D eigenvalue weighted by Crippen LogP contribution is -2.49. The van der Waals surface area contributed by atoms with Gasteiger partial charge in [0.15, 0.2) is 0 Å². The lowest BCUT2D eigenvalue weighted by molar-refractivity contribution is -0.140. The minimum Gasteiger partial charge on any atom is -0.480 e. The molecule has 3 heterocycles. The number of fused-ring (bicyclic) bond motifs is 1. The van der Waals surface area contributed by atoms with Gasteiger partial charge in [-0.15, -0.1) is 0 Å². The second-order valence-corrected chi connectivity index (χ2v) is 12.9. The molecule has 0 aliphatic carbocycles. The number of pyridine rings is 2. The fraction of sp³-hybridized carbons (Fsp3) is 0.432. The highest BCUT2D eigenvalue weighted by Gasteiger charge is 2.20. The molecule has 18 nitrogen and oxygen atoms in total. The second kappa shape index (κ2) is 21.9. The maximum absolute atomic E-state index is 12.9. The van der Waals surface area contributed by atoms with Gasteiger partial charge in [0.2, 0.25) is 5.91 Å². The van der Waals surface area contributed by atoms with E-state index in [9.17, 15) is 43.8 Å². The molecule has 18 heteroatoms. The number of carboxylic acids is 2. The van der Waals surface area contributed by atoms with Crippen LogP contribution >= 0.6 is 0 Å². The summed E-state index contributed by atoms with van der Waals surface area (Å²) in [5, 5.41) is 27.5. The van der Waals surface area contributed by atoms with Crippen LogP contribution in [0.25, 0.3) is 22.0 Å². The molecule has 55 heavy (non-hydrogen) atoms. The maximum atomic E-state index is 12.9. The molecule has 1 aromatic carbocycles. The van der Waals surface area contributed by atoms with Gasteiger partial charge >= 0.3 is 11.9 Å². The number of carbonyl (C=O) groups is 7. The number of hydrogen-bond donors (Lipinski definition) is 5. The number of carboxylic acid groups (broad SMARTS) is 2. The van der Waals surface area contributed by atoms with E-state index in [1.165, 1.54) is 6.20 Å². The molecule has 0 bridgehead atoms. The molecule has 2 aromatic heterocycles. The third kappa shape index (κ3) is 13.9. The third-order valence-electron chi connectivity index (χ3n) is 8.97. The van der Waals surface area contributed by atoms with Crippen molar-refractivity contribution in [2.75, 3.05) is 98.2 Å². The average molecular weight is 762 g/mol. The van der Waals surface area contributed by atoms with Gasteiger partial charge in [0.05, 0.1) is 43.8 Å². The monoisotopic (exact) mass is 761 g/mol. The lowest BCUT2D eigenvalue weighted by Gasteiger charge is -2.32. The predicted molar refractivity (Wildman–Crippen MR) is 200 cm³/mol. The zero-order valence-corrected chi connectivity index (χ0v) is 30.5. The van der Waals surface area contributed by atoms with E-state index in [1.54, 1.807) is 46.3 Å². The van der Waals surface area contributed by atoms with Crippen molar-refractivity contribution in [3.63, 3.8) is 0 Å². The van der Waals surface area contributed by atoms with Gasteiger partial charge in [-0.05, 0) is 36.2 Å². The summed E-state index contributed by atoms with van der Waals surface area (Å²) < 4.78 is 0. The van der Waals surface area contributed by atoms with Crippen LogP contribution in [0.5, 0.6) is 0 Å². The summed E-state index contributed by atoms with van der Waals surface area (Å²) in [6.07, 6.45) is 4.93. The Hall–Kier alpha value is -5.69. The van der Waals surface area contributed by atoms with E-state index in [0.29, 0.717) is 88.1 Å². The molecule has 0 unspecified atom stereocenters. The standard InChI is InChI=1S/C37H47N9O9/c47-20-10-41-36(54)29-6-9-38-31-4-2-27(22-30(29)31)28-3-5-32(42-23-28)37(55)40-8-1-7-39-33(49)24-44-13-11-43(19-21-48)12-14-45(25-34(50)51)17-18-46(16-15-44)26-35(52)53/h2-6,9,20-23H,1,7-8,10-19,24-26H2,(H,39,49)(H,40,55)(H,41,54)(H,50,51)(H,52,53). The minimum absolute atomic E-state index is 0.0476. The van der Waals surface area contributed by atoms with E-state index < -0.39 is 17.8 Å². The van der Waals surface area contributed by atoms with Crippen molar-refractivity contribution in [1.82, 2.24) is 45.5 Å². The molecule has 1 fully saturated rings. The zero-order chi connectivity index (χ0) is 39.6. The number of hydrogen-bond acceptors (Lipinski definition) is 13. The van der Waals surface area contributed by atoms with E-state index in [1.807, 2.05) is 15.9 Å². The van der Waals surface area contributed by atoms with Crippen molar-refractivity contribution in [2.24, 2.45) is 0 Å². The molecule has 3 amide bonds. The summed E-state index contributed by atoms with van der Waals surface area (Å²) in [6, 6.07) is 10.3. The Balaban J connectivity index is 1.26. The Kier molecular flexibility index (Phi) is 16.7. The molecule has 0 saturated carbocycles. The number of nitrogens with one attached hydrogen (secondary N) is 3. The van der Waals surface area contributed by atoms with E-state index in [2.05, 4.69) is 25.9 Å². The van der Waals surface area contributed by atoms with Crippen LogP contribution in [0.2, 0.25) is 0 Å². The summed E-state index contributed by atoms with van der Waals surface area (Å²) >= 11 is 0. The largest absolute Gasteiger partial charge is 0.480 e. The number of aromatic nitrogens is 2. The number of aliphatic carboxylic acids is 2. The Bertz CT molecular complexity index is 1810. The Morgan fingerprint density at radius 1 is 0.655 bits per heavy atom. The van der Waals surface area contributed by atoms with Crippen LogP contribution in [0.1, 0.15) is 27.3 Å². The highest BCUT2D eigenvalue weighted by atomic mass is 16.4. The highest BCUT2D eigenvalue weighted by molar-refractivity contribution is 6.07. The second-order valence-electron chi connectivity index (χ2n) is 12.9. The van der Waals surface area contributed by atoms with Crippen LogP contribution in [0.4, 0.5) is 0 Å². The summed E-state index contributed by atoms with van der Waals surface area (Å²) in [5.74, 6) is -3.01. The fourth-order valence-electron chi connectivity index (χ4n) is 6.04. The summed E-state index contributed by atoms with van der Waals surface area (Å²) in [6.45, 7) is 3.37. The Morgan fingerprint density at radius 3 is 1.84 bits per heavy atom. The minimum atomic E-state index is -1.01. The van der Waals surface area contributed by atoms with Crippen molar-refractivity contribution in [3.05, 3.63) is 60.0 Å². The van der Waals surface area contributed by atoms with Gasteiger partial charge in [-0.25, -0.2) is 0 Å². The molecule has 0 atom stereocenters. The van der Waals surface area contributed by atoms with Crippen molar-refractivity contribution < 1.29 is 43.8 Å². The molecule has 5 N–H and O–H groups in total. The normalized spacial score (nSPS) is 15.3. The number of nitrogens with zero attached hydrogens (tertiary/aromatic N) is 6. The van der Waals surface area contributed by atoms with Gasteiger partial charge in [0, 0.05) is 88.8 Å². The first kappa shape index (κ1) is 42.1. The molecule has 0 radical (unpaired) electrons. The summed E-state index contributed by atoms with van der Waals surface area (Å²) in [5.41, 5.74) is 2.66. The lowest BCUT2D eigenvalue weighted by atomic mass is 10.0. The number of benzene rings is 1. The van der Waals surface area contributed by atoms with Gasteiger partial charge in [0.1, 0.15) is 18.3 Å². The molecule has 1 saturated heterocycles. The zero-order valence-electron chi connectivity index (χ0n) is 30.5. The summed E-state index contributed by atoms with van der Waals surface area (Å²) in [7, 11) is 0. The van der Waals surface area contributed by atoms with Crippen LogP contribution in [0.15, 0.2) is 48.8 Å². The third-order valence-corrected chi connectivity index (χ3v) is 8.97. The van der Waals surface area contributed by atoms with E-state index in [0.717, 1.165) is 17.4 Å². The Morgan fingerprint density at radius 2 is 1.25 bits per heavy atom. The Labute approximate surface area is 317 Å². The number of carbonyl (C=O) groups excluding carboxylic acids is 5. The molecule has 0 spiro atoms. The fourth-order valence-corrected chi connectivity index (χ4v) is 6.04. The van der Waals surface area contributed by atoms with Crippen LogP contribution in [-0.2, 0) is 24.0 Å². The van der Waals surface area contributed by atoms with Gasteiger partial charge < -0.3 is 35.8 Å². The van der Waals surface area contributed by atoms with Crippen molar-refractivity contribution in [3.8, 4) is 11.1 Å². The quantitative estimate of drug-likeness (QED) is 0.0824.